The van der Waals surface area contributed by atoms with Crippen LogP contribution in [0, 0.1) is 0 Å². The molecule has 0 saturated carbocycles. The van der Waals surface area contributed by atoms with Crippen LogP contribution in [0.3, 0.4) is 0 Å². The molecule has 4 rings (SSSR count). The maximum absolute atomic E-state index is 12.4. The molecule has 1 unspecified atom stereocenters. The fourth-order valence-electron chi connectivity index (χ4n) is 3.64. The van der Waals surface area contributed by atoms with Crippen molar-refractivity contribution in [1.29, 1.82) is 0 Å². The second-order valence-electron chi connectivity index (χ2n) is 6.96. The van der Waals surface area contributed by atoms with Gasteiger partial charge in [0.05, 0.1) is 17.4 Å². The van der Waals surface area contributed by atoms with Gasteiger partial charge in [0, 0.05) is 45.3 Å². The van der Waals surface area contributed by atoms with Gasteiger partial charge in [0.15, 0.2) is 5.58 Å². The average molecular weight is 369 g/mol. The molecule has 27 heavy (non-hydrogen) atoms. The van der Waals surface area contributed by atoms with E-state index in [4.69, 9.17) is 4.42 Å². The highest BCUT2D eigenvalue weighted by molar-refractivity contribution is 5.77. The van der Waals surface area contributed by atoms with Gasteiger partial charge in [-0.05, 0) is 25.0 Å². The first-order valence-electron chi connectivity index (χ1n) is 9.21. The molecule has 1 fully saturated rings. The molecular weight excluding hydrogens is 346 g/mol. The maximum Gasteiger partial charge on any atom is 0.419 e. The summed E-state index contributed by atoms with van der Waals surface area (Å²) in [4.78, 5) is 26.6. The molecule has 0 aliphatic carbocycles. The van der Waals surface area contributed by atoms with Crippen LogP contribution in [0.5, 0.6) is 0 Å². The molecule has 2 aromatic heterocycles. The number of oxazole rings is 1. The molecule has 3 aromatic rings. The Kier molecular flexibility index (Phi) is 4.70. The molecule has 1 aliphatic rings. The molecule has 0 radical (unpaired) electrons. The summed E-state index contributed by atoms with van der Waals surface area (Å²) in [7, 11) is 1.90. The first-order chi connectivity index (χ1) is 13.1. The number of amides is 1. The summed E-state index contributed by atoms with van der Waals surface area (Å²) >= 11 is 0. The number of aromatic nitrogens is 3. The zero-order chi connectivity index (χ0) is 18.8. The second kappa shape index (κ2) is 7.30. The Morgan fingerprint density at radius 2 is 2.22 bits per heavy atom. The summed E-state index contributed by atoms with van der Waals surface area (Å²) in [6, 6.07) is 7.35. The highest BCUT2D eigenvalue weighted by Crippen LogP contribution is 2.19. The summed E-state index contributed by atoms with van der Waals surface area (Å²) in [5, 5.41) is 7.32. The van der Waals surface area contributed by atoms with E-state index in [1.165, 1.54) is 4.57 Å². The van der Waals surface area contributed by atoms with Crippen LogP contribution in [0.25, 0.3) is 11.1 Å². The van der Waals surface area contributed by atoms with Crippen molar-refractivity contribution in [1.82, 2.24) is 19.7 Å². The third kappa shape index (κ3) is 3.74. The average Bonchev–Trinajstić information content (AvgIpc) is 3.23. The van der Waals surface area contributed by atoms with Crippen LogP contribution in [0.15, 0.2) is 45.9 Å². The molecule has 3 heterocycles. The monoisotopic (exact) mass is 369 g/mol. The molecule has 0 bridgehead atoms. The number of benzene rings is 1. The predicted octanol–water partition coefficient (Wildman–Crippen LogP) is 1.50. The van der Waals surface area contributed by atoms with E-state index in [1.54, 1.807) is 10.7 Å². The highest BCUT2D eigenvalue weighted by Gasteiger charge is 2.22. The number of carbonyl (C=O) groups is 1. The van der Waals surface area contributed by atoms with Crippen LogP contribution in [-0.2, 0) is 18.4 Å². The summed E-state index contributed by atoms with van der Waals surface area (Å²) in [5.41, 5.74) is 2.34. The van der Waals surface area contributed by atoms with E-state index in [9.17, 15) is 9.59 Å². The van der Waals surface area contributed by atoms with Crippen molar-refractivity contribution in [3.63, 3.8) is 0 Å². The lowest BCUT2D eigenvalue weighted by molar-refractivity contribution is -0.122. The Bertz CT molecular complexity index is 1000. The number of nitrogens with zero attached hydrogens (tertiary/aromatic N) is 4. The molecule has 1 saturated heterocycles. The molecule has 1 N–H and O–H groups in total. The van der Waals surface area contributed by atoms with E-state index >= 15 is 0 Å². The van der Waals surface area contributed by atoms with Gasteiger partial charge >= 0.3 is 5.76 Å². The lowest BCUT2D eigenvalue weighted by Gasteiger charge is -2.33. The van der Waals surface area contributed by atoms with Gasteiger partial charge in [0.25, 0.3) is 0 Å². The lowest BCUT2D eigenvalue weighted by atomic mass is 10.1. The van der Waals surface area contributed by atoms with E-state index in [2.05, 4.69) is 15.3 Å². The number of piperidine rings is 1. The minimum atomic E-state index is -0.426. The van der Waals surface area contributed by atoms with Gasteiger partial charge in [-0.1, -0.05) is 12.1 Å². The number of carbonyl (C=O) groups excluding carboxylic acids is 1. The van der Waals surface area contributed by atoms with Crippen molar-refractivity contribution >= 4 is 22.7 Å². The Labute approximate surface area is 156 Å². The third-order valence-corrected chi connectivity index (χ3v) is 4.98. The molecule has 142 valence electrons. The summed E-state index contributed by atoms with van der Waals surface area (Å²) < 4.78 is 8.50. The van der Waals surface area contributed by atoms with Crippen LogP contribution < -0.4 is 16.0 Å². The van der Waals surface area contributed by atoms with Crippen molar-refractivity contribution in [2.45, 2.75) is 31.8 Å². The Balaban J connectivity index is 1.35. The minimum absolute atomic E-state index is 0.0507. The number of nitrogens with one attached hydrogen (secondary N) is 1. The fraction of sp³-hybridized carbons (Fsp3) is 0.421. The van der Waals surface area contributed by atoms with Crippen LogP contribution in [0.4, 0.5) is 5.69 Å². The first kappa shape index (κ1) is 17.4. The predicted molar refractivity (Wildman–Crippen MR) is 102 cm³/mol. The maximum atomic E-state index is 12.4. The van der Waals surface area contributed by atoms with Crippen molar-refractivity contribution in [2.75, 3.05) is 18.0 Å². The van der Waals surface area contributed by atoms with Crippen LogP contribution in [-0.4, -0.2) is 39.4 Å². The quantitative estimate of drug-likeness (QED) is 0.737. The van der Waals surface area contributed by atoms with Gasteiger partial charge in [-0.25, -0.2) is 4.79 Å². The van der Waals surface area contributed by atoms with Crippen molar-refractivity contribution in [3.8, 4) is 0 Å². The van der Waals surface area contributed by atoms with Crippen molar-refractivity contribution in [3.05, 3.63) is 47.2 Å². The summed E-state index contributed by atoms with van der Waals surface area (Å²) in [6.45, 7) is 2.04. The van der Waals surface area contributed by atoms with Crippen LogP contribution in [0.1, 0.15) is 19.3 Å². The van der Waals surface area contributed by atoms with Gasteiger partial charge in [-0.2, -0.15) is 5.10 Å². The second-order valence-corrected chi connectivity index (χ2v) is 6.96. The smallest absolute Gasteiger partial charge is 0.408 e. The van der Waals surface area contributed by atoms with Crippen LogP contribution >= 0.6 is 0 Å². The molecule has 1 aromatic carbocycles. The largest absolute Gasteiger partial charge is 0.419 e. The van der Waals surface area contributed by atoms with E-state index in [0.717, 1.165) is 37.1 Å². The first-order valence-corrected chi connectivity index (χ1v) is 9.21. The lowest BCUT2D eigenvalue weighted by Crippen LogP contribution is -2.48. The van der Waals surface area contributed by atoms with Gasteiger partial charge in [0.2, 0.25) is 5.91 Å². The molecule has 1 amide bonds. The van der Waals surface area contributed by atoms with Crippen molar-refractivity contribution < 1.29 is 9.21 Å². The normalized spacial score (nSPS) is 17.4. The van der Waals surface area contributed by atoms with Gasteiger partial charge in [-0.15, -0.1) is 0 Å². The number of para-hydroxylation sites is 2. The van der Waals surface area contributed by atoms with Gasteiger partial charge in [0.1, 0.15) is 0 Å². The Morgan fingerprint density at radius 3 is 3.04 bits per heavy atom. The number of aryl methyl sites for hydroxylation is 2. The van der Waals surface area contributed by atoms with E-state index in [-0.39, 0.29) is 18.4 Å². The van der Waals surface area contributed by atoms with E-state index < -0.39 is 5.76 Å². The Hall–Kier alpha value is -3.03. The van der Waals surface area contributed by atoms with Crippen LogP contribution in [0.2, 0.25) is 0 Å². The summed E-state index contributed by atoms with van der Waals surface area (Å²) in [5.74, 6) is -0.477. The Morgan fingerprint density at radius 1 is 1.37 bits per heavy atom. The highest BCUT2D eigenvalue weighted by atomic mass is 16.4. The standard InChI is InChI=1S/C19H23N5O3/c1-22-13-15(11-20-22)23-9-4-5-14(12-23)21-18(25)8-10-24-16-6-2-3-7-17(16)27-19(24)26/h2-3,6-7,11,13-14H,4-5,8-10,12H2,1H3,(H,21,25). The number of rotatable bonds is 5. The summed E-state index contributed by atoms with van der Waals surface area (Å²) in [6.07, 6.45) is 6.05. The van der Waals surface area contributed by atoms with E-state index in [1.807, 2.05) is 37.6 Å². The van der Waals surface area contributed by atoms with E-state index in [0.29, 0.717) is 12.1 Å². The molecule has 8 heteroatoms. The van der Waals surface area contributed by atoms with Gasteiger partial charge < -0.3 is 14.6 Å². The van der Waals surface area contributed by atoms with Gasteiger partial charge in [-0.3, -0.25) is 14.0 Å². The number of hydrogen-bond donors (Lipinski definition) is 1. The molecule has 8 nitrogen and oxygen atoms in total. The number of fused-ring (bicyclic) bond motifs is 1. The molecule has 1 atom stereocenters. The third-order valence-electron chi connectivity index (χ3n) is 4.98. The number of hydrogen-bond acceptors (Lipinski definition) is 5. The molecule has 0 spiro atoms. The molecular formula is C19H23N5O3. The minimum Gasteiger partial charge on any atom is -0.408 e. The SMILES string of the molecule is Cn1cc(N2CCCC(NC(=O)CCn3c(=O)oc4ccccc43)C2)cn1. The topological polar surface area (TPSA) is 85.3 Å². The fourth-order valence-corrected chi connectivity index (χ4v) is 3.64. The van der Waals surface area contributed by atoms with Crippen molar-refractivity contribution in [2.24, 2.45) is 7.05 Å². The zero-order valence-electron chi connectivity index (χ0n) is 15.3. The number of anilines is 1. The zero-order valence-corrected chi connectivity index (χ0v) is 15.3. The molecule has 1 aliphatic heterocycles.